The van der Waals surface area contributed by atoms with Gasteiger partial charge in [-0.15, -0.1) is 0 Å². The first-order valence-corrected chi connectivity index (χ1v) is 8.08. The molecular formula is C18H21ClN2O2. The smallest absolute Gasteiger partial charge is 0.319 e. The highest BCUT2D eigenvalue weighted by Crippen LogP contribution is 2.19. The van der Waals surface area contributed by atoms with E-state index < -0.39 is 0 Å². The molecule has 0 aliphatic rings. The maximum absolute atomic E-state index is 11.8. The molecule has 0 unspecified atom stereocenters. The van der Waals surface area contributed by atoms with E-state index in [0.717, 1.165) is 24.2 Å². The normalized spacial score (nSPS) is 10.2. The molecule has 0 saturated heterocycles. The zero-order valence-electron chi connectivity index (χ0n) is 13.1. The van der Waals surface area contributed by atoms with Crippen LogP contribution in [0.1, 0.15) is 18.9 Å². The lowest BCUT2D eigenvalue weighted by Crippen LogP contribution is -2.29. The molecule has 2 amide bonds. The summed E-state index contributed by atoms with van der Waals surface area (Å²) in [5, 5.41) is 6.19. The molecule has 2 aromatic rings. The second kappa shape index (κ2) is 9.06. The van der Waals surface area contributed by atoms with E-state index in [2.05, 4.69) is 16.7 Å². The van der Waals surface area contributed by atoms with Gasteiger partial charge in [-0.05, 0) is 49.6 Å². The fourth-order valence-electron chi connectivity index (χ4n) is 2.23. The third-order valence-electron chi connectivity index (χ3n) is 3.26. The molecule has 2 N–H and O–H groups in total. The topological polar surface area (TPSA) is 50.4 Å². The Labute approximate surface area is 141 Å². The van der Waals surface area contributed by atoms with E-state index in [1.54, 1.807) is 24.3 Å². The summed E-state index contributed by atoms with van der Waals surface area (Å²) in [6, 6.07) is 14.8. The molecule has 0 atom stereocenters. The number of urea groups is 1. The average Bonchev–Trinajstić information content (AvgIpc) is 2.53. The number of ether oxygens (including phenoxy) is 1. The Hall–Kier alpha value is -2.20. The molecule has 0 heterocycles. The predicted molar refractivity (Wildman–Crippen MR) is 94.4 cm³/mol. The molecule has 0 bridgehead atoms. The number of halogens is 1. The molecule has 23 heavy (non-hydrogen) atoms. The molecule has 2 rings (SSSR count). The zero-order chi connectivity index (χ0) is 16.5. The first kappa shape index (κ1) is 17.2. The van der Waals surface area contributed by atoms with Crippen molar-refractivity contribution in [3.63, 3.8) is 0 Å². The van der Waals surface area contributed by atoms with Crippen molar-refractivity contribution >= 4 is 23.3 Å². The minimum Gasteiger partial charge on any atom is -0.494 e. The van der Waals surface area contributed by atoms with Crippen LogP contribution in [-0.2, 0) is 6.42 Å². The van der Waals surface area contributed by atoms with Crippen LogP contribution in [-0.4, -0.2) is 19.2 Å². The first-order valence-electron chi connectivity index (χ1n) is 7.70. The van der Waals surface area contributed by atoms with Crippen LogP contribution in [0.25, 0.3) is 0 Å². The quantitative estimate of drug-likeness (QED) is 0.734. The number of anilines is 1. The fourth-order valence-corrected chi connectivity index (χ4v) is 2.42. The van der Waals surface area contributed by atoms with E-state index in [9.17, 15) is 4.79 Å². The summed E-state index contributed by atoms with van der Waals surface area (Å²) in [7, 11) is 0. The van der Waals surface area contributed by atoms with Gasteiger partial charge in [-0.3, -0.25) is 0 Å². The van der Waals surface area contributed by atoms with Crippen LogP contribution in [0.15, 0.2) is 48.5 Å². The maximum atomic E-state index is 11.8. The van der Waals surface area contributed by atoms with Crippen LogP contribution in [0.2, 0.25) is 5.02 Å². The van der Waals surface area contributed by atoms with Crippen molar-refractivity contribution in [3.8, 4) is 5.75 Å². The summed E-state index contributed by atoms with van der Waals surface area (Å²) in [6.45, 7) is 3.21. The van der Waals surface area contributed by atoms with Crippen molar-refractivity contribution in [1.29, 1.82) is 0 Å². The number of amides is 2. The number of rotatable bonds is 7. The molecule has 0 aromatic heterocycles. The van der Waals surface area contributed by atoms with Crippen molar-refractivity contribution in [2.75, 3.05) is 18.5 Å². The number of carbonyl (C=O) groups excluding carboxylic acids is 1. The summed E-state index contributed by atoms with van der Waals surface area (Å²) < 4.78 is 5.59. The lowest BCUT2D eigenvalue weighted by atomic mass is 10.1. The molecule has 4 nitrogen and oxygen atoms in total. The average molecular weight is 333 g/mol. The largest absolute Gasteiger partial charge is 0.494 e. The van der Waals surface area contributed by atoms with Gasteiger partial charge in [0.1, 0.15) is 5.75 Å². The number of hydrogen-bond donors (Lipinski definition) is 2. The Morgan fingerprint density at radius 1 is 1.17 bits per heavy atom. The number of hydrogen-bond acceptors (Lipinski definition) is 2. The van der Waals surface area contributed by atoms with Crippen molar-refractivity contribution in [2.24, 2.45) is 0 Å². The number of aryl methyl sites for hydroxylation is 1. The highest BCUT2D eigenvalue weighted by molar-refractivity contribution is 6.30. The van der Waals surface area contributed by atoms with Gasteiger partial charge >= 0.3 is 6.03 Å². The molecule has 5 heteroatoms. The van der Waals surface area contributed by atoms with E-state index in [-0.39, 0.29) is 6.03 Å². The Bertz CT molecular complexity index is 646. The molecule has 122 valence electrons. The number of carbonyl (C=O) groups is 1. The summed E-state index contributed by atoms with van der Waals surface area (Å²) in [5.41, 5.74) is 1.84. The second-order valence-corrected chi connectivity index (χ2v) is 5.47. The zero-order valence-corrected chi connectivity index (χ0v) is 13.9. The Morgan fingerprint density at radius 2 is 2.00 bits per heavy atom. The van der Waals surface area contributed by atoms with Gasteiger partial charge in [0.05, 0.1) is 6.61 Å². The van der Waals surface area contributed by atoms with Gasteiger partial charge in [-0.25, -0.2) is 4.79 Å². The number of nitrogens with one attached hydrogen (secondary N) is 2. The van der Waals surface area contributed by atoms with Crippen LogP contribution in [0.4, 0.5) is 10.5 Å². The molecule has 0 fully saturated rings. The third-order valence-corrected chi connectivity index (χ3v) is 3.50. The van der Waals surface area contributed by atoms with Crippen LogP contribution in [0.3, 0.4) is 0 Å². The van der Waals surface area contributed by atoms with E-state index in [0.29, 0.717) is 23.9 Å². The molecule has 0 spiro atoms. The molecule has 0 radical (unpaired) electrons. The van der Waals surface area contributed by atoms with Gasteiger partial charge in [0.2, 0.25) is 0 Å². The lowest BCUT2D eigenvalue weighted by Gasteiger charge is -2.11. The highest BCUT2D eigenvalue weighted by Gasteiger charge is 2.04. The SMILES string of the molecule is CCOc1ccccc1CCCNC(=O)Nc1cccc(Cl)c1. The monoisotopic (exact) mass is 332 g/mol. The molecular weight excluding hydrogens is 312 g/mol. The van der Waals surface area contributed by atoms with Crippen molar-refractivity contribution in [1.82, 2.24) is 5.32 Å². The van der Waals surface area contributed by atoms with Crippen LogP contribution in [0, 0.1) is 0 Å². The Balaban J connectivity index is 1.74. The van der Waals surface area contributed by atoms with E-state index >= 15 is 0 Å². The molecule has 0 saturated carbocycles. The van der Waals surface area contributed by atoms with Crippen molar-refractivity contribution in [3.05, 3.63) is 59.1 Å². The molecule has 0 aliphatic carbocycles. The van der Waals surface area contributed by atoms with Gasteiger partial charge in [-0.1, -0.05) is 35.9 Å². The minimum absolute atomic E-state index is 0.231. The lowest BCUT2D eigenvalue weighted by molar-refractivity contribution is 0.252. The fraction of sp³-hybridized carbons (Fsp3) is 0.278. The summed E-state index contributed by atoms with van der Waals surface area (Å²) in [4.78, 5) is 11.8. The van der Waals surface area contributed by atoms with E-state index in [4.69, 9.17) is 16.3 Å². The van der Waals surface area contributed by atoms with Gasteiger partial charge in [0.25, 0.3) is 0 Å². The summed E-state index contributed by atoms with van der Waals surface area (Å²) >= 11 is 5.88. The minimum atomic E-state index is -0.231. The number of benzene rings is 2. The van der Waals surface area contributed by atoms with Gasteiger partial charge < -0.3 is 15.4 Å². The van der Waals surface area contributed by atoms with Gasteiger partial charge in [-0.2, -0.15) is 0 Å². The Morgan fingerprint density at radius 3 is 2.78 bits per heavy atom. The first-order chi connectivity index (χ1) is 11.2. The van der Waals surface area contributed by atoms with Crippen LogP contribution in [0.5, 0.6) is 5.75 Å². The second-order valence-electron chi connectivity index (χ2n) is 5.04. The predicted octanol–water partition coefficient (Wildman–Crippen LogP) is 4.49. The van der Waals surface area contributed by atoms with Crippen molar-refractivity contribution in [2.45, 2.75) is 19.8 Å². The number of para-hydroxylation sites is 1. The standard InChI is InChI=1S/C18H21ClN2O2/c1-2-23-17-11-4-3-7-14(17)8-6-12-20-18(22)21-16-10-5-9-15(19)13-16/h3-5,7,9-11,13H,2,6,8,12H2,1H3,(H2,20,21,22). The van der Waals surface area contributed by atoms with Gasteiger partial charge in [0.15, 0.2) is 0 Å². The van der Waals surface area contributed by atoms with Gasteiger partial charge in [0, 0.05) is 17.3 Å². The Kier molecular flexibility index (Phi) is 6.76. The van der Waals surface area contributed by atoms with E-state index in [1.807, 2.05) is 25.1 Å². The third kappa shape index (κ3) is 5.83. The molecule has 2 aromatic carbocycles. The summed E-state index contributed by atoms with van der Waals surface area (Å²) in [5.74, 6) is 0.915. The highest BCUT2D eigenvalue weighted by atomic mass is 35.5. The van der Waals surface area contributed by atoms with E-state index in [1.165, 1.54) is 0 Å². The van der Waals surface area contributed by atoms with Crippen molar-refractivity contribution < 1.29 is 9.53 Å². The van der Waals surface area contributed by atoms with Crippen LogP contribution >= 0.6 is 11.6 Å². The maximum Gasteiger partial charge on any atom is 0.319 e. The molecule has 0 aliphatic heterocycles. The van der Waals surface area contributed by atoms with Crippen LogP contribution < -0.4 is 15.4 Å². The summed E-state index contributed by atoms with van der Waals surface area (Å²) in [6.07, 6.45) is 1.70.